The van der Waals surface area contributed by atoms with Gasteiger partial charge in [-0.2, -0.15) is 0 Å². The smallest absolute Gasteiger partial charge is 0.274 e. The first kappa shape index (κ1) is 23.1. The standard InChI is InChI=1S/C24H26F2N2O5/c1-13(2)27-12-24(9-16(10-24)33-3)28-11-17(21(30)22(31)20(28)23(27)32)19(29)7-5-14-4-6-15(25)8-18(14)26/h4,6,8,11,13,16,31H,5,7,9-10,12H2,1-3H3. The third-order valence-electron chi connectivity index (χ3n) is 6.73. The summed E-state index contributed by atoms with van der Waals surface area (Å²) in [6, 6.07) is 2.94. The van der Waals surface area contributed by atoms with Gasteiger partial charge in [-0.15, -0.1) is 0 Å². The molecule has 1 spiro atoms. The van der Waals surface area contributed by atoms with Crippen LogP contribution in [0.3, 0.4) is 0 Å². The number of benzene rings is 1. The van der Waals surface area contributed by atoms with Crippen LogP contribution in [0.2, 0.25) is 0 Å². The van der Waals surface area contributed by atoms with Crippen molar-refractivity contribution in [2.75, 3.05) is 13.7 Å². The van der Waals surface area contributed by atoms with E-state index in [4.69, 9.17) is 4.74 Å². The second-order valence-corrected chi connectivity index (χ2v) is 9.12. The number of aryl methyl sites for hydroxylation is 1. The predicted molar refractivity (Wildman–Crippen MR) is 116 cm³/mol. The van der Waals surface area contributed by atoms with Crippen LogP contribution in [0.5, 0.6) is 5.75 Å². The number of Topliss-reactive ketones (excluding diaryl/α,β-unsaturated/α-hetero) is 1. The SMILES string of the molecule is COC1CC2(C1)CN(C(C)C)C(=O)c1c(O)c(=O)c(C(=O)CCc3ccc(F)cc3F)cn12. The molecule has 0 unspecified atom stereocenters. The minimum atomic E-state index is -0.928. The molecule has 0 saturated heterocycles. The molecule has 9 heteroatoms. The first-order valence-electron chi connectivity index (χ1n) is 10.9. The third-order valence-corrected chi connectivity index (χ3v) is 6.73. The zero-order chi connectivity index (χ0) is 24.1. The summed E-state index contributed by atoms with van der Waals surface area (Å²) in [6.07, 6.45) is 2.18. The molecule has 1 fully saturated rings. The Morgan fingerprint density at radius 2 is 1.97 bits per heavy atom. The fourth-order valence-electron chi connectivity index (χ4n) is 4.78. The molecular weight excluding hydrogens is 434 g/mol. The minimum absolute atomic E-state index is 0.0378. The van der Waals surface area contributed by atoms with Gasteiger partial charge in [0.15, 0.2) is 17.2 Å². The largest absolute Gasteiger partial charge is 0.503 e. The number of ether oxygens (including phenoxy) is 1. The second-order valence-electron chi connectivity index (χ2n) is 9.12. The Bertz CT molecular complexity index is 1180. The summed E-state index contributed by atoms with van der Waals surface area (Å²) in [7, 11) is 1.60. The molecule has 0 atom stereocenters. The number of fused-ring (bicyclic) bond motifs is 2. The van der Waals surface area contributed by atoms with E-state index >= 15 is 0 Å². The number of aromatic nitrogens is 1. The van der Waals surface area contributed by atoms with Gasteiger partial charge in [-0.05, 0) is 44.7 Å². The lowest BCUT2D eigenvalue weighted by atomic mass is 9.71. The normalized spacial score (nSPS) is 21.9. The topological polar surface area (TPSA) is 88.8 Å². The molecule has 1 N–H and O–H groups in total. The van der Waals surface area contributed by atoms with Gasteiger partial charge < -0.3 is 19.3 Å². The average Bonchev–Trinajstić information content (AvgIpc) is 2.73. The van der Waals surface area contributed by atoms with Gasteiger partial charge in [-0.1, -0.05) is 6.07 Å². The van der Waals surface area contributed by atoms with Gasteiger partial charge in [0.25, 0.3) is 5.91 Å². The molecule has 1 saturated carbocycles. The van der Waals surface area contributed by atoms with E-state index in [2.05, 4.69) is 0 Å². The summed E-state index contributed by atoms with van der Waals surface area (Å²) >= 11 is 0. The van der Waals surface area contributed by atoms with E-state index in [1.165, 1.54) is 12.3 Å². The molecule has 33 heavy (non-hydrogen) atoms. The summed E-state index contributed by atoms with van der Waals surface area (Å²) in [5.74, 6) is -3.32. The van der Waals surface area contributed by atoms with Crippen LogP contribution in [0.15, 0.2) is 29.2 Å². The van der Waals surface area contributed by atoms with Crippen molar-refractivity contribution in [1.82, 2.24) is 9.47 Å². The van der Waals surface area contributed by atoms with Gasteiger partial charge in [-0.25, -0.2) is 8.78 Å². The number of nitrogens with zero attached hydrogens (tertiary/aromatic N) is 2. The van der Waals surface area contributed by atoms with Crippen molar-refractivity contribution in [3.63, 3.8) is 0 Å². The summed E-state index contributed by atoms with van der Waals surface area (Å²) in [6.45, 7) is 4.08. The predicted octanol–water partition coefficient (Wildman–Crippen LogP) is 3.02. The summed E-state index contributed by atoms with van der Waals surface area (Å²) in [5, 5.41) is 10.7. The molecule has 1 amide bonds. The summed E-state index contributed by atoms with van der Waals surface area (Å²) in [4.78, 5) is 40.5. The molecule has 1 aliphatic heterocycles. The highest BCUT2D eigenvalue weighted by Crippen LogP contribution is 2.46. The monoisotopic (exact) mass is 460 g/mol. The lowest BCUT2D eigenvalue weighted by Crippen LogP contribution is -2.63. The number of hydrogen-bond donors (Lipinski definition) is 1. The van der Waals surface area contributed by atoms with Gasteiger partial charge in [0.1, 0.15) is 11.6 Å². The van der Waals surface area contributed by atoms with Gasteiger partial charge in [-0.3, -0.25) is 14.4 Å². The van der Waals surface area contributed by atoms with Crippen molar-refractivity contribution in [3.8, 4) is 5.75 Å². The van der Waals surface area contributed by atoms with Crippen LogP contribution in [-0.2, 0) is 16.7 Å². The number of ketones is 1. The molecular formula is C24H26F2N2O5. The van der Waals surface area contributed by atoms with E-state index in [9.17, 15) is 28.3 Å². The molecule has 7 nitrogen and oxygen atoms in total. The Balaban J connectivity index is 1.71. The second kappa shape index (κ2) is 8.37. The van der Waals surface area contributed by atoms with E-state index in [-0.39, 0.29) is 41.8 Å². The quantitative estimate of drug-likeness (QED) is 0.670. The molecule has 1 aromatic heterocycles. The van der Waals surface area contributed by atoms with Crippen LogP contribution in [0.25, 0.3) is 0 Å². The van der Waals surface area contributed by atoms with Crippen molar-refractivity contribution in [2.45, 2.75) is 57.2 Å². The Hall–Kier alpha value is -3.07. The zero-order valence-corrected chi connectivity index (χ0v) is 18.7. The molecule has 2 heterocycles. The van der Waals surface area contributed by atoms with Crippen molar-refractivity contribution >= 4 is 11.7 Å². The first-order valence-corrected chi connectivity index (χ1v) is 10.9. The number of pyridine rings is 1. The van der Waals surface area contributed by atoms with E-state index in [0.717, 1.165) is 12.1 Å². The molecule has 4 rings (SSSR count). The maximum Gasteiger partial charge on any atom is 0.274 e. The Morgan fingerprint density at radius 1 is 1.27 bits per heavy atom. The van der Waals surface area contributed by atoms with Crippen LogP contribution in [0.1, 0.15) is 59.5 Å². The maximum absolute atomic E-state index is 13.9. The summed E-state index contributed by atoms with van der Waals surface area (Å²) in [5.41, 5.74) is -1.77. The van der Waals surface area contributed by atoms with Gasteiger partial charge in [0, 0.05) is 38.4 Å². The minimum Gasteiger partial charge on any atom is -0.503 e. The maximum atomic E-state index is 13.9. The van der Waals surface area contributed by atoms with E-state index in [0.29, 0.717) is 19.4 Å². The summed E-state index contributed by atoms with van der Waals surface area (Å²) < 4.78 is 34.0. The van der Waals surface area contributed by atoms with Crippen LogP contribution in [0.4, 0.5) is 8.78 Å². The average molecular weight is 460 g/mol. The van der Waals surface area contributed by atoms with Gasteiger partial charge in [0.05, 0.1) is 17.2 Å². The number of hydrogen-bond acceptors (Lipinski definition) is 5. The number of aromatic hydroxyl groups is 1. The number of halogens is 2. The van der Waals surface area contributed by atoms with E-state index < -0.39 is 40.0 Å². The molecule has 0 radical (unpaired) electrons. The number of rotatable bonds is 6. The van der Waals surface area contributed by atoms with Gasteiger partial charge in [0.2, 0.25) is 5.43 Å². The Labute approximate surface area is 189 Å². The lowest BCUT2D eigenvalue weighted by molar-refractivity contribution is -0.0728. The molecule has 2 aliphatic rings. The van der Waals surface area contributed by atoms with Crippen molar-refractivity contribution in [1.29, 1.82) is 0 Å². The van der Waals surface area contributed by atoms with Crippen molar-refractivity contribution in [3.05, 3.63) is 63.1 Å². The number of carbonyl (C=O) groups excluding carboxylic acids is 2. The van der Waals surface area contributed by atoms with Crippen LogP contribution in [0, 0.1) is 11.6 Å². The number of amides is 1. The highest BCUT2D eigenvalue weighted by Gasteiger charge is 2.53. The first-order chi connectivity index (χ1) is 15.6. The van der Waals surface area contributed by atoms with Crippen LogP contribution >= 0.6 is 0 Å². The Morgan fingerprint density at radius 3 is 2.58 bits per heavy atom. The fraction of sp³-hybridized carbons (Fsp3) is 0.458. The van der Waals surface area contributed by atoms with E-state index in [1.807, 2.05) is 13.8 Å². The van der Waals surface area contributed by atoms with Crippen molar-refractivity contribution < 1.29 is 28.2 Å². The zero-order valence-electron chi connectivity index (χ0n) is 18.7. The van der Waals surface area contributed by atoms with E-state index in [1.54, 1.807) is 16.6 Å². The highest BCUT2D eigenvalue weighted by atomic mass is 19.1. The molecule has 176 valence electrons. The van der Waals surface area contributed by atoms with Crippen LogP contribution < -0.4 is 5.43 Å². The number of methoxy groups -OCH3 is 1. The molecule has 1 aliphatic carbocycles. The van der Waals surface area contributed by atoms with Crippen molar-refractivity contribution in [2.24, 2.45) is 0 Å². The van der Waals surface area contributed by atoms with Crippen LogP contribution in [-0.4, -0.2) is 52.1 Å². The molecule has 1 aromatic carbocycles. The Kier molecular flexibility index (Phi) is 5.86. The lowest BCUT2D eigenvalue weighted by Gasteiger charge is -2.54. The molecule has 2 aromatic rings. The fourth-order valence-corrected chi connectivity index (χ4v) is 4.78. The number of carbonyl (C=O) groups is 2. The van der Waals surface area contributed by atoms with Gasteiger partial charge >= 0.3 is 0 Å². The molecule has 0 bridgehead atoms. The highest BCUT2D eigenvalue weighted by molar-refractivity contribution is 6.00. The third kappa shape index (κ3) is 3.84.